The van der Waals surface area contributed by atoms with Crippen molar-refractivity contribution in [2.24, 2.45) is 0 Å². The topological polar surface area (TPSA) is 34.1 Å². The number of nitrogens with zero attached hydrogens (tertiary/aromatic N) is 1. The summed E-state index contributed by atoms with van der Waals surface area (Å²) >= 11 is 1.74. The molecular weight excluding hydrogens is 232 g/mol. The summed E-state index contributed by atoms with van der Waals surface area (Å²) in [6.45, 7) is 12.1. The highest BCUT2D eigenvalue weighted by Gasteiger charge is 2.16. The molecular formula is C13H24N2OS. The summed E-state index contributed by atoms with van der Waals surface area (Å²) in [5.74, 6) is 0. The van der Waals surface area contributed by atoms with Crippen molar-refractivity contribution in [3.63, 3.8) is 0 Å². The normalized spacial score (nSPS) is 12.0. The lowest BCUT2D eigenvalue weighted by atomic mass is 9.93. The summed E-state index contributed by atoms with van der Waals surface area (Å²) in [6, 6.07) is 0. The zero-order valence-electron chi connectivity index (χ0n) is 11.4. The van der Waals surface area contributed by atoms with E-state index in [0.29, 0.717) is 0 Å². The molecule has 0 aliphatic carbocycles. The zero-order chi connectivity index (χ0) is 12.7. The molecule has 0 aliphatic rings. The van der Waals surface area contributed by atoms with Crippen molar-refractivity contribution in [1.29, 1.82) is 0 Å². The Morgan fingerprint density at radius 1 is 1.41 bits per heavy atom. The Hall–Kier alpha value is -0.450. The third-order valence-corrected chi connectivity index (χ3v) is 3.29. The molecule has 0 saturated heterocycles. The van der Waals surface area contributed by atoms with Crippen LogP contribution in [0.3, 0.4) is 0 Å². The summed E-state index contributed by atoms with van der Waals surface area (Å²) in [6.07, 6.45) is 1.06. The van der Waals surface area contributed by atoms with Gasteiger partial charge < -0.3 is 10.1 Å². The van der Waals surface area contributed by atoms with Crippen LogP contribution >= 0.6 is 11.3 Å². The highest BCUT2D eigenvalue weighted by atomic mass is 32.1. The first-order valence-electron chi connectivity index (χ1n) is 6.27. The summed E-state index contributed by atoms with van der Waals surface area (Å²) in [5, 5.41) is 6.73. The van der Waals surface area contributed by atoms with Crippen molar-refractivity contribution in [2.75, 3.05) is 19.8 Å². The van der Waals surface area contributed by atoms with E-state index in [4.69, 9.17) is 4.74 Å². The van der Waals surface area contributed by atoms with Crippen molar-refractivity contribution in [1.82, 2.24) is 10.3 Å². The zero-order valence-corrected chi connectivity index (χ0v) is 12.2. The Kier molecular flexibility index (Phi) is 6.09. The predicted molar refractivity (Wildman–Crippen MR) is 73.6 cm³/mol. The molecule has 0 spiro atoms. The van der Waals surface area contributed by atoms with Crippen LogP contribution in [0.25, 0.3) is 0 Å². The minimum absolute atomic E-state index is 0.156. The average molecular weight is 256 g/mol. The van der Waals surface area contributed by atoms with E-state index in [0.717, 1.165) is 32.7 Å². The molecule has 0 amide bonds. The van der Waals surface area contributed by atoms with Crippen LogP contribution in [0.4, 0.5) is 0 Å². The molecule has 0 radical (unpaired) electrons. The van der Waals surface area contributed by atoms with Crippen LogP contribution in [-0.2, 0) is 16.7 Å². The van der Waals surface area contributed by atoms with Gasteiger partial charge in [-0.1, -0.05) is 20.8 Å². The van der Waals surface area contributed by atoms with Crippen LogP contribution in [0.5, 0.6) is 0 Å². The first kappa shape index (κ1) is 14.6. The molecule has 1 N–H and O–H groups in total. The summed E-state index contributed by atoms with van der Waals surface area (Å²) in [7, 11) is 0. The largest absolute Gasteiger partial charge is 0.382 e. The van der Waals surface area contributed by atoms with E-state index in [1.807, 2.05) is 6.92 Å². The molecule has 1 aromatic rings. The van der Waals surface area contributed by atoms with Crippen LogP contribution in [0.2, 0.25) is 0 Å². The fourth-order valence-corrected chi connectivity index (χ4v) is 2.37. The highest BCUT2D eigenvalue weighted by Crippen LogP contribution is 2.23. The quantitative estimate of drug-likeness (QED) is 0.762. The molecule has 1 aromatic heterocycles. The number of aromatic nitrogens is 1. The Morgan fingerprint density at radius 3 is 2.76 bits per heavy atom. The Labute approximate surface area is 109 Å². The van der Waals surface area contributed by atoms with E-state index in [-0.39, 0.29) is 5.41 Å². The lowest BCUT2D eigenvalue weighted by molar-refractivity contribution is 0.144. The fourth-order valence-electron chi connectivity index (χ4n) is 1.38. The minimum atomic E-state index is 0.156. The highest BCUT2D eigenvalue weighted by molar-refractivity contribution is 7.09. The molecule has 17 heavy (non-hydrogen) atoms. The van der Waals surface area contributed by atoms with Gasteiger partial charge >= 0.3 is 0 Å². The van der Waals surface area contributed by atoms with Gasteiger partial charge in [0.25, 0.3) is 0 Å². The van der Waals surface area contributed by atoms with E-state index in [9.17, 15) is 0 Å². The van der Waals surface area contributed by atoms with E-state index in [1.54, 1.807) is 11.3 Å². The van der Waals surface area contributed by atoms with Gasteiger partial charge in [-0.05, 0) is 19.9 Å². The van der Waals surface area contributed by atoms with Crippen LogP contribution in [0, 0.1) is 0 Å². The monoisotopic (exact) mass is 256 g/mol. The van der Waals surface area contributed by atoms with Crippen molar-refractivity contribution in [3.8, 4) is 0 Å². The van der Waals surface area contributed by atoms with E-state index < -0.39 is 0 Å². The van der Waals surface area contributed by atoms with Gasteiger partial charge in [-0.3, -0.25) is 0 Å². The first-order chi connectivity index (χ1) is 8.04. The van der Waals surface area contributed by atoms with Gasteiger partial charge in [-0.2, -0.15) is 0 Å². The number of hydrogen-bond acceptors (Lipinski definition) is 4. The molecule has 0 aliphatic heterocycles. The van der Waals surface area contributed by atoms with Crippen molar-refractivity contribution < 1.29 is 4.74 Å². The maximum Gasteiger partial charge on any atom is 0.107 e. The smallest absolute Gasteiger partial charge is 0.107 e. The van der Waals surface area contributed by atoms with Crippen molar-refractivity contribution in [3.05, 3.63) is 16.1 Å². The van der Waals surface area contributed by atoms with E-state index >= 15 is 0 Å². The lowest BCUT2D eigenvalue weighted by Gasteiger charge is -2.14. The number of rotatable bonds is 7. The molecule has 0 unspecified atom stereocenters. The number of thiazole rings is 1. The molecule has 0 fully saturated rings. The van der Waals surface area contributed by atoms with Gasteiger partial charge in [0, 0.05) is 30.6 Å². The van der Waals surface area contributed by atoms with Gasteiger partial charge in [0.05, 0.1) is 5.69 Å². The van der Waals surface area contributed by atoms with Gasteiger partial charge in [0.1, 0.15) is 5.01 Å². The number of ether oxygens (including phenoxy) is 1. The number of nitrogens with one attached hydrogen (secondary N) is 1. The van der Waals surface area contributed by atoms with Crippen LogP contribution in [-0.4, -0.2) is 24.7 Å². The van der Waals surface area contributed by atoms with E-state index in [1.165, 1.54) is 10.7 Å². The number of hydrogen-bond donors (Lipinski definition) is 1. The molecule has 0 atom stereocenters. The Morgan fingerprint density at radius 2 is 2.18 bits per heavy atom. The predicted octanol–water partition coefficient (Wildman–Crippen LogP) is 2.96. The third kappa shape index (κ3) is 5.61. The van der Waals surface area contributed by atoms with Gasteiger partial charge in [-0.25, -0.2) is 4.98 Å². The van der Waals surface area contributed by atoms with E-state index in [2.05, 4.69) is 36.5 Å². The van der Waals surface area contributed by atoms with Crippen molar-refractivity contribution in [2.45, 2.75) is 46.1 Å². The SMILES string of the molecule is CCOCCCNCc1nc(C(C)(C)C)cs1. The Bertz CT molecular complexity index is 317. The average Bonchev–Trinajstić information content (AvgIpc) is 2.71. The van der Waals surface area contributed by atoms with Crippen LogP contribution in [0.1, 0.15) is 44.8 Å². The summed E-state index contributed by atoms with van der Waals surface area (Å²) in [5.41, 5.74) is 1.34. The molecule has 1 heterocycles. The van der Waals surface area contributed by atoms with Gasteiger partial charge in [-0.15, -0.1) is 11.3 Å². The summed E-state index contributed by atoms with van der Waals surface area (Å²) in [4.78, 5) is 4.64. The maximum absolute atomic E-state index is 5.28. The molecule has 3 nitrogen and oxygen atoms in total. The third-order valence-electron chi connectivity index (χ3n) is 2.44. The Balaban J connectivity index is 2.21. The second-order valence-corrected chi connectivity index (χ2v) is 6.05. The fraction of sp³-hybridized carbons (Fsp3) is 0.769. The minimum Gasteiger partial charge on any atom is -0.382 e. The molecule has 0 aromatic carbocycles. The molecule has 0 bridgehead atoms. The standard InChI is InChI=1S/C13H24N2OS/c1-5-16-8-6-7-14-9-12-15-11(10-17-12)13(2,3)4/h10,14H,5-9H2,1-4H3. The van der Waals surface area contributed by atoms with Crippen molar-refractivity contribution >= 4 is 11.3 Å². The second-order valence-electron chi connectivity index (χ2n) is 5.10. The van der Waals surface area contributed by atoms with Crippen LogP contribution in [0.15, 0.2) is 5.38 Å². The first-order valence-corrected chi connectivity index (χ1v) is 7.15. The van der Waals surface area contributed by atoms with Gasteiger partial charge in [0.2, 0.25) is 0 Å². The lowest BCUT2D eigenvalue weighted by Crippen LogP contribution is -2.17. The molecule has 1 rings (SSSR count). The summed E-state index contributed by atoms with van der Waals surface area (Å²) < 4.78 is 5.28. The molecule has 0 saturated carbocycles. The van der Waals surface area contributed by atoms with Gasteiger partial charge in [0.15, 0.2) is 0 Å². The molecule has 98 valence electrons. The maximum atomic E-state index is 5.28. The molecule has 4 heteroatoms. The second kappa shape index (κ2) is 7.09. The van der Waals surface area contributed by atoms with Crippen LogP contribution < -0.4 is 5.32 Å².